The van der Waals surface area contributed by atoms with E-state index >= 15 is 0 Å². The van der Waals surface area contributed by atoms with Crippen molar-refractivity contribution < 1.29 is 9.59 Å². The van der Waals surface area contributed by atoms with Gasteiger partial charge in [-0.15, -0.1) is 0 Å². The van der Waals surface area contributed by atoms with Crippen molar-refractivity contribution in [3.05, 3.63) is 23.8 Å². The highest BCUT2D eigenvalue weighted by molar-refractivity contribution is 6.02. The molecule has 0 aromatic heterocycles. The van der Waals surface area contributed by atoms with E-state index in [2.05, 4.69) is 52.2 Å². The maximum absolute atomic E-state index is 12.6. The molecule has 5 nitrogen and oxygen atoms in total. The van der Waals surface area contributed by atoms with Gasteiger partial charge in [0.25, 0.3) is 5.91 Å². The van der Waals surface area contributed by atoms with Crippen molar-refractivity contribution in [3.8, 4) is 0 Å². The van der Waals surface area contributed by atoms with E-state index < -0.39 is 0 Å². The first-order chi connectivity index (χ1) is 12.4. The molecule has 0 aliphatic carbocycles. The van der Waals surface area contributed by atoms with Gasteiger partial charge in [-0.3, -0.25) is 9.59 Å². The van der Waals surface area contributed by atoms with E-state index in [-0.39, 0.29) is 17.2 Å². The fraction of sp³-hybridized carbons (Fsp3) is 0.636. The highest BCUT2D eigenvalue weighted by Crippen LogP contribution is 2.27. The van der Waals surface area contributed by atoms with Crippen molar-refractivity contribution in [1.82, 2.24) is 5.32 Å². The van der Waals surface area contributed by atoms with E-state index in [4.69, 9.17) is 0 Å². The molecule has 1 aromatic rings. The number of rotatable bonds is 8. The zero-order chi connectivity index (χ0) is 20.8. The molecule has 1 atom stereocenters. The molecule has 1 aromatic carbocycles. The summed E-state index contributed by atoms with van der Waals surface area (Å²) in [4.78, 5) is 26.9. The molecule has 0 saturated heterocycles. The average molecular weight is 376 g/mol. The highest BCUT2D eigenvalue weighted by atomic mass is 16.2. The number of carbonyl (C=O) groups excluding carboxylic acids is 2. The van der Waals surface area contributed by atoms with E-state index in [0.29, 0.717) is 36.1 Å². The largest absolute Gasteiger partial charge is 0.377 e. The molecule has 27 heavy (non-hydrogen) atoms. The molecule has 0 bridgehead atoms. The number of nitrogens with one attached hydrogen (secondary N) is 2. The molecule has 0 saturated carbocycles. The molecule has 2 N–H and O–H groups in total. The number of benzene rings is 1. The first-order valence-electron chi connectivity index (χ1n) is 9.78. The van der Waals surface area contributed by atoms with Crippen LogP contribution < -0.4 is 15.5 Å². The Labute approximate surface area is 164 Å². The number of nitrogens with zero attached hydrogens (tertiary/aromatic N) is 1. The lowest BCUT2D eigenvalue weighted by atomic mass is 9.84. The van der Waals surface area contributed by atoms with Crippen molar-refractivity contribution in [1.29, 1.82) is 0 Å². The van der Waals surface area contributed by atoms with Crippen molar-refractivity contribution in [2.24, 2.45) is 17.3 Å². The Kier molecular flexibility index (Phi) is 8.32. The first-order valence-corrected chi connectivity index (χ1v) is 9.78. The van der Waals surface area contributed by atoms with Crippen LogP contribution in [0.2, 0.25) is 0 Å². The maximum atomic E-state index is 12.6. The SMILES string of the molecule is CC(C)CNC(=O)c1cc(NC(=O)CC(C)CC(C)(C)C)ccc1N(C)C. The third kappa shape index (κ3) is 8.46. The lowest BCUT2D eigenvalue weighted by Crippen LogP contribution is -2.29. The summed E-state index contributed by atoms with van der Waals surface area (Å²) < 4.78 is 0. The van der Waals surface area contributed by atoms with Crippen LogP contribution >= 0.6 is 0 Å². The average Bonchev–Trinajstić information content (AvgIpc) is 2.49. The van der Waals surface area contributed by atoms with Gasteiger partial charge in [-0.05, 0) is 41.9 Å². The fourth-order valence-electron chi connectivity index (χ4n) is 3.22. The van der Waals surface area contributed by atoms with Crippen LogP contribution in [0.5, 0.6) is 0 Å². The zero-order valence-corrected chi connectivity index (χ0v) is 18.3. The summed E-state index contributed by atoms with van der Waals surface area (Å²) in [7, 11) is 3.81. The van der Waals surface area contributed by atoms with Gasteiger partial charge in [-0.1, -0.05) is 41.5 Å². The number of anilines is 2. The number of hydrogen-bond donors (Lipinski definition) is 2. The first kappa shape index (κ1) is 23.0. The van der Waals surface area contributed by atoms with Crippen LogP contribution in [0.3, 0.4) is 0 Å². The van der Waals surface area contributed by atoms with Gasteiger partial charge in [0.1, 0.15) is 0 Å². The van der Waals surface area contributed by atoms with Gasteiger partial charge >= 0.3 is 0 Å². The summed E-state index contributed by atoms with van der Waals surface area (Å²) >= 11 is 0. The predicted molar refractivity (Wildman–Crippen MR) is 114 cm³/mol. The van der Waals surface area contributed by atoms with Gasteiger partial charge in [0.05, 0.1) is 5.56 Å². The second-order valence-corrected chi connectivity index (χ2v) is 9.35. The minimum atomic E-state index is -0.121. The Morgan fingerprint density at radius 3 is 2.26 bits per heavy atom. The van der Waals surface area contributed by atoms with Gasteiger partial charge in [0.15, 0.2) is 0 Å². The Bertz CT molecular complexity index is 645. The topological polar surface area (TPSA) is 61.4 Å². The van der Waals surface area contributed by atoms with Crippen molar-refractivity contribution >= 4 is 23.2 Å². The lowest BCUT2D eigenvalue weighted by Gasteiger charge is -2.23. The molecule has 1 rings (SSSR count). The monoisotopic (exact) mass is 375 g/mol. The van der Waals surface area contributed by atoms with Crippen LogP contribution in [0, 0.1) is 17.3 Å². The van der Waals surface area contributed by atoms with Gasteiger partial charge in [0.2, 0.25) is 5.91 Å². The molecule has 152 valence electrons. The number of amides is 2. The molecule has 2 amide bonds. The summed E-state index contributed by atoms with van der Waals surface area (Å²) in [6, 6.07) is 5.48. The minimum absolute atomic E-state index is 0.0158. The Balaban J connectivity index is 2.88. The Hall–Kier alpha value is -2.04. The normalized spacial score (nSPS) is 12.6. The molecule has 1 unspecified atom stereocenters. The van der Waals surface area contributed by atoms with E-state index in [1.54, 1.807) is 6.07 Å². The molecule has 5 heteroatoms. The molecule has 0 aliphatic rings. The van der Waals surface area contributed by atoms with Crippen molar-refractivity contribution in [2.45, 2.75) is 54.4 Å². The molecule has 0 fully saturated rings. The van der Waals surface area contributed by atoms with Gasteiger partial charge < -0.3 is 15.5 Å². The smallest absolute Gasteiger partial charge is 0.253 e. The van der Waals surface area contributed by atoms with Crippen LogP contribution in [0.15, 0.2) is 18.2 Å². The summed E-state index contributed by atoms with van der Waals surface area (Å²) in [6.07, 6.45) is 1.46. The lowest BCUT2D eigenvalue weighted by molar-refractivity contribution is -0.117. The van der Waals surface area contributed by atoms with Gasteiger partial charge in [0, 0.05) is 38.4 Å². The third-order valence-corrected chi connectivity index (χ3v) is 4.17. The Morgan fingerprint density at radius 1 is 1.11 bits per heavy atom. The van der Waals surface area contributed by atoms with Crippen LogP contribution in [0.1, 0.15) is 64.7 Å². The molecule has 0 spiro atoms. The van der Waals surface area contributed by atoms with Gasteiger partial charge in [-0.25, -0.2) is 0 Å². The van der Waals surface area contributed by atoms with E-state index in [1.165, 1.54) is 0 Å². The van der Waals surface area contributed by atoms with Crippen molar-refractivity contribution in [3.63, 3.8) is 0 Å². The fourth-order valence-corrected chi connectivity index (χ4v) is 3.22. The van der Waals surface area contributed by atoms with Crippen LogP contribution in [0.4, 0.5) is 11.4 Å². The standard InChI is InChI=1S/C22H37N3O2/c1-15(2)14-23-21(27)18-12-17(9-10-19(18)25(7)8)24-20(26)11-16(3)13-22(4,5)6/h9-10,12,15-16H,11,13-14H2,1-8H3,(H,23,27)(H,24,26). The van der Waals surface area contributed by atoms with E-state index in [0.717, 1.165) is 12.1 Å². The molecule has 0 heterocycles. The number of hydrogen-bond acceptors (Lipinski definition) is 3. The molecular formula is C22H37N3O2. The molecular weight excluding hydrogens is 338 g/mol. The second kappa shape index (κ2) is 9.77. The number of carbonyl (C=O) groups is 2. The quantitative estimate of drug-likeness (QED) is 0.701. The third-order valence-electron chi connectivity index (χ3n) is 4.17. The summed E-state index contributed by atoms with van der Waals surface area (Å²) in [6.45, 7) is 13.4. The predicted octanol–water partition coefficient (Wildman–Crippen LogP) is 4.54. The summed E-state index contributed by atoms with van der Waals surface area (Å²) in [5.41, 5.74) is 2.26. The molecule has 0 radical (unpaired) electrons. The Morgan fingerprint density at radius 2 is 1.74 bits per heavy atom. The van der Waals surface area contributed by atoms with Gasteiger partial charge in [-0.2, -0.15) is 0 Å². The summed E-state index contributed by atoms with van der Waals surface area (Å²) in [5.74, 6) is 0.547. The zero-order valence-electron chi connectivity index (χ0n) is 18.3. The summed E-state index contributed by atoms with van der Waals surface area (Å²) in [5, 5.41) is 5.90. The van der Waals surface area contributed by atoms with Crippen molar-refractivity contribution in [2.75, 3.05) is 30.9 Å². The van der Waals surface area contributed by atoms with E-state index in [1.807, 2.05) is 31.1 Å². The van der Waals surface area contributed by atoms with Crippen LogP contribution in [-0.4, -0.2) is 32.5 Å². The van der Waals surface area contributed by atoms with Crippen LogP contribution in [-0.2, 0) is 4.79 Å². The second-order valence-electron chi connectivity index (χ2n) is 9.35. The van der Waals surface area contributed by atoms with Crippen LogP contribution in [0.25, 0.3) is 0 Å². The maximum Gasteiger partial charge on any atom is 0.253 e. The highest BCUT2D eigenvalue weighted by Gasteiger charge is 2.19. The minimum Gasteiger partial charge on any atom is -0.377 e. The molecule has 0 aliphatic heterocycles. The van der Waals surface area contributed by atoms with E-state index in [9.17, 15) is 9.59 Å².